The summed E-state index contributed by atoms with van der Waals surface area (Å²) in [7, 11) is 0. The van der Waals surface area contributed by atoms with Gasteiger partial charge in [0.1, 0.15) is 0 Å². The molecule has 0 unspecified atom stereocenters. The highest BCUT2D eigenvalue weighted by Crippen LogP contribution is 2.42. The van der Waals surface area contributed by atoms with E-state index in [4.69, 9.17) is 4.74 Å². The maximum atomic E-state index is 12.8. The monoisotopic (exact) mass is 370 g/mol. The van der Waals surface area contributed by atoms with Crippen LogP contribution in [-0.2, 0) is 20.7 Å². The first kappa shape index (κ1) is 17.7. The van der Waals surface area contributed by atoms with Crippen molar-refractivity contribution in [2.45, 2.75) is 19.8 Å². The second kappa shape index (κ2) is 6.77. The molecule has 1 aromatic carbocycles. The second-order valence-electron chi connectivity index (χ2n) is 7.30. The molecule has 1 N–H and O–H groups in total. The molecule has 0 spiro atoms. The van der Waals surface area contributed by atoms with Crippen LogP contribution < -0.4 is 0 Å². The van der Waals surface area contributed by atoms with Gasteiger partial charge in [0.2, 0.25) is 5.91 Å². The molecule has 0 bridgehead atoms. The number of benzene rings is 1. The van der Waals surface area contributed by atoms with E-state index >= 15 is 0 Å². The number of amides is 1. The molecule has 1 aromatic heterocycles. The molecule has 2 aliphatic heterocycles. The van der Waals surface area contributed by atoms with E-state index < -0.39 is 11.4 Å². The molecule has 0 aliphatic carbocycles. The standard InChI is InChI=1S/C19H22N4O4/c1-13-16(20-21-23(13)15-5-3-2-4-6-15)9-17(24)22-10-14-11-27-8-7-19(14,12-22)18(25)26/h2-6,14H,7-12H2,1H3,(H,25,26)/t14-,19+/m0/s1. The lowest BCUT2D eigenvalue weighted by Gasteiger charge is -2.33. The number of hydrogen-bond donors (Lipinski definition) is 1. The molecule has 8 heteroatoms. The lowest BCUT2D eigenvalue weighted by Crippen LogP contribution is -2.45. The Morgan fingerprint density at radius 3 is 2.81 bits per heavy atom. The fourth-order valence-corrected chi connectivity index (χ4v) is 4.08. The summed E-state index contributed by atoms with van der Waals surface area (Å²) in [4.78, 5) is 26.4. The summed E-state index contributed by atoms with van der Waals surface area (Å²) in [6.45, 7) is 3.35. The van der Waals surface area contributed by atoms with Crippen LogP contribution in [0.2, 0.25) is 0 Å². The molecule has 27 heavy (non-hydrogen) atoms. The zero-order valence-electron chi connectivity index (χ0n) is 15.2. The molecule has 3 heterocycles. The van der Waals surface area contributed by atoms with Crippen molar-refractivity contribution in [3.8, 4) is 5.69 Å². The summed E-state index contributed by atoms with van der Waals surface area (Å²) in [6, 6.07) is 9.61. The van der Waals surface area contributed by atoms with Crippen LogP contribution in [0.3, 0.4) is 0 Å². The molecular weight excluding hydrogens is 348 g/mol. The predicted molar refractivity (Wildman–Crippen MR) is 95.4 cm³/mol. The van der Waals surface area contributed by atoms with Crippen molar-refractivity contribution < 1.29 is 19.4 Å². The minimum atomic E-state index is -0.884. The van der Waals surface area contributed by atoms with E-state index in [2.05, 4.69) is 10.3 Å². The van der Waals surface area contributed by atoms with Gasteiger partial charge in [-0.05, 0) is 25.5 Å². The number of likely N-dealkylation sites (tertiary alicyclic amines) is 1. The normalized spacial score (nSPS) is 24.6. The Labute approximate surface area is 156 Å². The highest BCUT2D eigenvalue weighted by atomic mass is 16.5. The molecule has 2 atom stereocenters. The van der Waals surface area contributed by atoms with Crippen molar-refractivity contribution in [1.29, 1.82) is 0 Å². The van der Waals surface area contributed by atoms with Gasteiger partial charge in [0, 0.05) is 25.6 Å². The van der Waals surface area contributed by atoms with Crippen molar-refractivity contribution in [3.63, 3.8) is 0 Å². The maximum absolute atomic E-state index is 12.8. The number of aliphatic carboxylic acids is 1. The number of nitrogens with zero attached hydrogens (tertiary/aromatic N) is 4. The fourth-order valence-electron chi connectivity index (χ4n) is 4.08. The molecule has 142 valence electrons. The molecule has 2 aliphatic rings. The Hall–Kier alpha value is -2.74. The SMILES string of the molecule is Cc1c(CC(=O)N2C[C@H]3COCC[C@@]3(C(=O)O)C2)nnn1-c1ccccc1. The topological polar surface area (TPSA) is 97.6 Å². The van der Waals surface area contributed by atoms with Gasteiger partial charge in [0.15, 0.2) is 0 Å². The molecule has 2 aromatic rings. The quantitative estimate of drug-likeness (QED) is 0.865. The third-order valence-electron chi connectivity index (χ3n) is 5.80. The molecule has 4 rings (SSSR count). The minimum Gasteiger partial charge on any atom is -0.481 e. The Bertz CT molecular complexity index is 866. The average molecular weight is 370 g/mol. The van der Waals surface area contributed by atoms with Crippen LogP contribution in [0.5, 0.6) is 0 Å². The molecule has 8 nitrogen and oxygen atoms in total. The van der Waals surface area contributed by atoms with E-state index in [0.717, 1.165) is 11.4 Å². The van der Waals surface area contributed by atoms with Crippen molar-refractivity contribution in [2.24, 2.45) is 11.3 Å². The summed E-state index contributed by atoms with van der Waals surface area (Å²) >= 11 is 0. The van der Waals surface area contributed by atoms with E-state index in [1.54, 1.807) is 9.58 Å². The number of para-hydroxylation sites is 1. The second-order valence-corrected chi connectivity index (χ2v) is 7.30. The van der Waals surface area contributed by atoms with Crippen LogP contribution in [-0.4, -0.2) is 63.2 Å². The van der Waals surface area contributed by atoms with Crippen molar-refractivity contribution in [2.75, 3.05) is 26.3 Å². The van der Waals surface area contributed by atoms with Gasteiger partial charge in [0.25, 0.3) is 0 Å². The number of fused-ring (bicyclic) bond motifs is 1. The summed E-state index contributed by atoms with van der Waals surface area (Å²) in [5.74, 6) is -1.11. The van der Waals surface area contributed by atoms with Crippen LogP contribution in [0.4, 0.5) is 0 Å². The van der Waals surface area contributed by atoms with Gasteiger partial charge in [-0.2, -0.15) is 0 Å². The smallest absolute Gasteiger partial charge is 0.311 e. The lowest BCUT2D eigenvalue weighted by molar-refractivity contribution is -0.157. The van der Waals surface area contributed by atoms with Crippen LogP contribution in [0.25, 0.3) is 5.69 Å². The van der Waals surface area contributed by atoms with Crippen LogP contribution in [0.1, 0.15) is 17.8 Å². The number of aromatic nitrogens is 3. The zero-order chi connectivity index (χ0) is 19.0. The minimum absolute atomic E-state index is 0.113. The average Bonchev–Trinajstić information content (AvgIpc) is 3.24. The molecule has 1 amide bonds. The molecule has 2 fully saturated rings. The summed E-state index contributed by atoms with van der Waals surface area (Å²) in [6.07, 6.45) is 0.557. The van der Waals surface area contributed by atoms with Gasteiger partial charge in [0.05, 0.1) is 35.5 Å². The van der Waals surface area contributed by atoms with Gasteiger partial charge in [-0.3, -0.25) is 9.59 Å². The van der Waals surface area contributed by atoms with Crippen LogP contribution in [0, 0.1) is 18.3 Å². The number of rotatable bonds is 4. The van der Waals surface area contributed by atoms with Gasteiger partial charge in [-0.15, -0.1) is 5.10 Å². The van der Waals surface area contributed by atoms with Gasteiger partial charge in [-0.25, -0.2) is 4.68 Å². The Morgan fingerprint density at radius 2 is 2.11 bits per heavy atom. The zero-order valence-corrected chi connectivity index (χ0v) is 15.2. The summed E-state index contributed by atoms with van der Waals surface area (Å²) < 4.78 is 7.16. The predicted octanol–water partition coefficient (Wildman–Crippen LogP) is 1.07. The number of ether oxygens (including phenoxy) is 1. The Morgan fingerprint density at radius 1 is 1.33 bits per heavy atom. The molecule has 0 saturated carbocycles. The van der Waals surface area contributed by atoms with Crippen molar-refractivity contribution in [1.82, 2.24) is 19.9 Å². The van der Waals surface area contributed by atoms with E-state index in [1.807, 2.05) is 37.3 Å². The van der Waals surface area contributed by atoms with E-state index in [-0.39, 0.29) is 24.8 Å². The van der Waals surface area contributed by atoms with Gasteiger partial charge >= 0.3 is 5.97 Å². The fraction of sp³-hybridized carbons (Fsp3) is 0.474. The third kappa shape index (κ3) is 2.99. The largest absolute Gasteiger partial charge is 0.481 e. The Kier molecular flexibility index (Phi) is 4.43. The van der Waals surface area contributed by atoms with Crippen LogP contribution in [0.15, 0.2) is 30.3 Å². The molecular formula is C19H22N4O4. The summed E-state index contributed by atoms with van der Waals surface area (Å²) in [5.41, 5.74) is 1.42. The molecule has 0 radical (unpaired) electrons. The maximum Gasteiger partial charge on any atom is 0.311 e. The highest BCUT2D eigenvalue weighted by Gasteiger charge is 2.54. The van der Waals surface area contributed by atoms with Crippen LogP contribution >= 0.6 is 0 Å². The van der Waals surface area contributed by atoms with Crippen molar-refractivity contribution in [3.05, 3.63) is 41.7 Å². The van der Waals surface area contributed by atoms with E-state index in [9.17, 15) is 14.7 Å². The first-order valence-corrected chi connectivity index (χ1v) is 9.07. The van der Waals surface area contributed by atoms with Gasteiger partial charge in [-0.1, -0.05) is 23.4 Å². The third-order valence-corrected chi connectivity index (χ3v) is 5.80. The number of carbonyl (C=O) groups is 2. The number of carboxylic acids is 1. The summed E-state index contributed by atoms with van der Waals surface area (Å²) in [5, 5.41) is 18.1. The van der Waals surface area contributed by atoms with Gasteiger partial charge < -0.3 is 14.7 Å². The Balaban J connectivity index is 1.51. The van der Waals surface area contributed by atoms with E-state index in [1.165, 1.54) is 0 Å². The number of carboxylic acid groups (broad SMARTS) is 1. The highest BCUT2D eigenvalue weighted by molar-refractivity contribution is 5.82. The molecule has 2 saturated heterocycles. The first-order valence-electron chi connectivity index (χ1n) is 9.07. The van der Waals surface area contributed by atoms with Crippen molar-refractivity contribution >= 4 is 11.9 Å². The number of carbonyl (C=O) groups excluding carboxylic acids is 1. The first-order chi connectivity index (χ1) is 13.0. The number of hydrogen-bond acceptors (Lipinski definition) is 5. The van der Waals surface area contributed by atoms with E-state index in [0.29, 0.717) is 31.9 Å². The lowest BCUT2D eigenvalue weighted by atomic mass is 9.74.